The number of carbonyl (C=O) groups is 3. The molecule has 0 rings (SSSR count). The second kappa shape index (κ2) is 42.5. The van der Waals surface area contributed by atoms with E-state index < -0.39 is 18.1 Å². The molecule has 0 aliphatic heterocycles. The van der Waals surface area contributed by atoms with Crippen molar-refractivity contribution >= 4 is 17.9 Å². The van der Waals surface area contributed by atoms with Crippen LogP contribution >= 0.6 is 0 Å². The molecule has 0 heterocycles. The largest absolute Gasteiger partial charge is 0.477 e. The van der Waals surface area contributed by atoms with Crippen LogP contribution < -0.4 is 0 Å². The van der Waals surface area contributed by atoms with E-state index in [1.54, 1.807) is 0 Å². The molecule has 8 heteroatoms. The van der Waals surface area contributed by atoms with Crippen LogP contribution in [-0.4, -0.2) is 80.6 Å². The molecule has 0 amide bonds. The highest BCUT2D eigenvalue weighted by atomic mass is 16.6. The number of carboxylic acids is 1. The van der Waals surface area contributed by atoms with Crippen LogP contribution in [0.15, 0.2) is 72.9 Å². The standard InChI is InChI=1S/C52H89NO7/c1-6-8-10-12-14-16-18-20-21-22-23-24-25-26-27-28-29-31-33-35-37-39-41-43-51(55)60-48(46-58-45-44-49(52(56)57)53(3,4)5)47-59-50(54)42-40-38-36-34-32-30-19-17-15-13-11-9-7-2/h8,10,14,16,20-21,23-24,26-27,29,31,48-49H,6-7,9,11-13,15,17-19,22,25,28,30,32-47H2,1-5H3/p+1/b10-8+,16-14+,21-20+,24-23+,27-26+,31-29+. The van der Waals surface area contributed by atoms with E-state index in [1.807, 2.05) is 21.1 Å². The van der Waals surface area contributed by atoms with E-state index in [0.717, 1.165) is 89.9 Å². The van der Waals surface area contributed by atoms with Crippen molar-refractivity contribution in [1.29, 1.82) is 0 Å². The Balaban J connectivity index is 4.35. The summed E-state index contributed by atoms with van der Waals surface area (Å²) >= 11 is 0. The van der Waals surface area contributed by atoms with Gasteiger partial charge in [-0.25, -0.2) is 4.79 Å². The van der Waals surface area contributed by atoms with Crippen molar-refractivity contribution in [1.82, 2.24) is 0 Å². The number of hydrogen-bond acceptors (Lipinski definition) is 6. The zero-order chi connectivity index (χ0) is 44.2. The lowest BCUT2D eigenvalue weighted by molar-refractivity contribution is -0.887. The number of unbranched alkanes of at least 4 members (excludes halogenated alkanes) is 16. The molecule has 2 unspecified atom stereocenters. The van der Waals surface area contributed by atoms with Crippen LogP contribution in [0.3, 0.4) is 0 Å². The lowest BCUT2D eigenvalue weighted by atomic mass is 10.0. The maximum absolute atomic E-state index is 12.8. The topological polar surface area (TPSA) is 99.1 Å². The fraction of sp³-hybridized carbons (Fsp3) is 0.712. The lowest BCUT2D eigenvalue weighted by Crippen LogP contribution is -2.50. The molecule has 8 nitrogen and oxygen atoms in total. The van der Waals surface area contributed by atoms with Gasteiger partial charge in [-0.2, -0.15) is 0 Å². The average Bonchev–Trinajstić information content (AvgIpc) is 3.21. The maximum Gasteiger partial charge on any atom is 0.362 e. The van der Waals surface area contributed by atoms with E-state index in [9.17, 15) is 19.5 Å². The van der Waals surface area contributed by atoms with Crippen LogP contribution in [-0.2, 0) is 28.6 Å². The summed E-state index contributed by atoms with van der Waals surface area (Å²) in [6, 6.07) is -0.622. The Kier molecular flexibility index (Phi) is 40.2. The van der Waals surface area contributed by atoms with E-state index in [-0.39, 0.29) is 36.2 Å². The molecule has 0 aromatic heterocycles. The third-order valence-corrected chi connectivity index (χ3v) is 10.4. The Labute approximate surface area is 368 Å². The van der Waals surface area contributed by atoms with Crippen molar-refractivity contribution in [2.45, 2.75) is 199 Å². The zero-order valence-corrected chi connectivity index (χ0v) is 39.1. The highest BCUT2D eigenvalue weighted by molar-refractivity contribution is 5.72. The Hall–Kier alpha value is -3.23. The molecule has 0 saturated carbocycles. The third-order valence-electron chi connectivity index (χ3n) is 10.4. The van der Waals surface area contributed by atoms with E-state index in [0.29, 0.717) is 19.3 Å². The van der Waals surface area contributed by atoms with Gasteiger partial charge in [-0.3, -0.25) is 9.59 Å². The highest BCUT2D eigenvalue weighted by Gasteiger charge is 2.31. The number of carbonyl (C=O) groups excluding carboxylic acids is 2. The Morgan fingerprint density at radius 3 is 1.38 bits per heavy atom. The second-order valence-electron chi connectivity index (χ2n) is 17.0. The number of hydrogen-bond donors (Lipinski definition) is 1. The number of likely N-dealkylation sites (N-methyl/N-ethyl adjacent to an activating group) is 1. The first-order valence-electron chi connectivity index (χ1n) is 24.0. The Morgan fingerprint density at radius 1 is 0.517 bits per heavy atom. The van der Waals surface area contributed by atoms with Crippen LogP contribution in [0.1, 0.15) is 187 Å². The number of aliphatic carboxylic acids is 1. The number of allylic oxidation sites excluding steroid dienone is 12. The van der Waals surface area contributed by atoms with Gasteiger partial charge in [-0.15, -0.1) is 0 Å². The van der Waals surface area contributed by atoms with Crippen molar-refractivity contribution in [2.75, 3.05) is 41.0 Å². The summed E-state index contributed by atoms with van der Waals surface area (Å²) in [6.45, 7) is 4.59. The molecule has 0 aliphatic carbocycles. The maximum atomic E-state index is 12.8. The number of esters is 2. The molecule has 344 valence electrons. The SMILES string of the molecule is CC/C=C/C/C=C/C/C=C/C/C=C/C/C=C/C/C=C/CCCCCCC(=O)OC(COCCC(C(=O)O)[N+](C)(C)C)COC(=O)CCCCCCCCCCCCCCC. The predicted octanol–water partition coefficient (Wildman–Crippen LogP) is 13.5. The Morgan fingerprint density at radius 2 is 0.933 bits per heavy atom. The van der Waals surface area contributed by atoms with Gasteiger partial charge in [0.2, 0.25) is 0 Å². The zero-order valence-electron chi connectivity index (χ0n) is 39.1. The number of carboxylic acid groups (broad SMARTS) is 1. The number of quaternary nitrogens is 1. The number of nitrogens with zero attached hydrogens (tertiary/aromatic N) is 1. The molecular formula is C52H90NO7+. The molecule has 1 N–H and O–H groups in total. The van der Waals surface area contributed by atoms with Crippen molar-refractivity contribution < 1.29 is 38.2 Å². The first-order chi connectivity index (χ1) is 29.1. The van der Waals surface area contributed by atoms with Crippen LogP contribution in [0.4, 0.5) is 0 Å². The van der Waals surface area contributed by atoms with Gasteiger partial charge < -0.3 is 23.8 Å². The summed E-state index contributed by atoms with van der Waals surface area (Å²) in [5.74, 6) is -1.50. The molecule has 0 aromatic carbocycles. The summed E-state index contributed by atoms with van der Waals surface area (Å²) < 4.78 is 17.3. The number of rotatable bonds is 42. The summed E-state index contributed by atoms with van der Waals surface area (Å²) in [5.41, 5.74) is 0. The monoisotopic (exact) mass is 841 g/mol. The van der Waals surface area contributed by atoms with Gasteiger partial charge in [0, 0.05) is 19.3 Å². The van der Waals surface area contributed by atoms with Gasteiger partial charge in [0.25, 0.3) is 0 Å². The third kappa shape index (κ3) is 40.2. The Bertz CT molecular complexity index is 1210. The van der Waals surface area contributed by atoms with Crippen LogP contribution in [0, 0.1) is 0 Å². The summed E-state index contributed by atoms with van der Waals surface area (Å²) in [7, 11) is 5.52. The fourth-order valence-electron chi connectivity index (χ4n) is 6.68. The molecule has 0 bridgehead atoms. The minimum absolute atomic E-state index is 0.0488. The first-order valence-corrected chi connectivity index (χ1v) is 24.0. The van der Waals surface area contributed by atoms with Crippen LogP contribution in [0.25, 0.3) is 0 Å². The molecule has 0 radical (unpaired) electrons. The van der Waals surface area contributed by atoms with Gasteiger partial charge in [0.15, 0.2) is 12.1 Å². The predicted molar refractivity (Wildman–Crippen MR) is 252 cm³/mol. The lowest BCUT2D eigenvalue weighted by Gasteiger charge is -2.31. The molecule has 0 saturated heterocycles. The molecular weight excluding hydrogens is 751 g/mol. The molecule has 60 heavy (non-hydrogen) atoms. The number of ether oxygens (including phenoxy) is 3. The normalized spacial score (nSPS) is 13.6. The van der Waals surface area contributed by atoms with E-state index >= 15 is 0 Å². The first kappa shape index (κ1) is 56.8. The highest BCUT2D eigenvalue weighted by Crippen LogP contribution is 2.14. The smallest absolute Gasteiger partial charge is 0.362 e. The van der Waals surface area contributed by atoms with Crippen molar-refractivity contribution in [2.24, 2.45) is 0 Å². The fourth-order valence-corrected chi connectivity index (χ4v) is 6.68. The van der Waals surface area contributed by atoms with Gasteiger partial charge in [-0.1, -0.05) is 177 Å². The summed E-state index contributed by atoms with van der Waals surface area (Å²) in [4.78, 5) is 37.0. The molecule has 0 spiro atoms. The quantitative estimate of drug-likeness (QED) is 0.0283. The minimum atomic E-state index is -0.881. The van der Waals surface area contributed by atoms with Crippen LogP contribution in [0.2, 0.25) is 0 Å². The van der Waals surface area contributed by atoms with Crippen molar-refractivity contribution in [3.8, 4) is 0 Å². The minimum Gasteiger partial charge on any atom is -0.477 e. The van der Waals surface area contributed by atoms with Crippen molar-refractivity contribution in [3.63, 3.8) is 0 Å². The van der Waals surface area contributed by atoms with Gasteiger partial charge in [0.1, 0.15) is 6.61 Å². The van der Waals surface area contributed by atoms with Gasteiger partial charge in [-0.05, 0) is 64.2 Å². The van der Waals surface area contributed by atoms with Gasteiger partial charge in [0.05, 0.1) is 34.4 Å². The van der Waals surface area contributed by atoms with Crippen LogP contribution in [0.5, 0.6) is 0 Å². The molecule has 2 atom stereocenters. The van der Waals surface area contributed by atoms with E-state index in [2.05, 4.69) is 86.8 Å². The van der Waals surface area contributed by atoms with Crippen molar-refractivity contribution in [3.05, 3.63) is 72.9 Å². The second-order valence-corrected chi connectivity index (χ2v) is 17.0. The van der Waals surface area contributed by atoms with Gasteiger partial charge >= 0.3 is 17.9 Å². The molecule has 0 aromatic rings. The van der Waals surface area contributed by atoms with E-state index in [4.69, 9.17) is 14.2 Å². The summed E-state index contributed by atoms with van der Waals surface area (Å²) in [6.07, 6.45) is 53.7. The average molecular weight is 841 g/mol. The summed E-state index contributed by atoms with van der Waals surface area (Å²) in [5, 5.41) is 9.63. The molecule has 0 aliphatic rings. The van der Waals surface area contributed by atoms with E-state index in [1.165, 1.54) is 64.2 Å². The molecule has 0 fully saturated rings.